The predicted octanol–water partition coefficient (Wildman–Crippen LogP) is -0.136. The van der Waals surface area contributed by atoms with Gasteiger partial charge in [0.2, 0.25) is 20.0 Å². The van der Waals surface area contributed by atoms with Gasteiger partial charge in [-0.1, -0.05) is 12.1 Å². The van der Waals surface area contributed by atoms with Crippen LogP contribution in [0.1, 0.15) is 19.3 Å². The molecular weight excluding hydrogens is 562 g/mol. The number of rotatable bonds is 10. The van der Waals surface area contributed by atoms with Crippen LogP contribution in [0.15, 0.2) is 58.1 Å². The van der Waals surface area contributed by atoms with Gasteiger partial charge in [-0.3, -0.25) is 0 Å². The fourth-order valence-electron chi connectivity index (χ4n) is 5.27. The van der Waals surface area contributed by atoms with Crippen LogP contribution in [0.25, 0.3) is 0 Å². The number of carbonyl (C=O) groups is 1. The Balaban J connectivity index is 1.07. The van der Waals surface area contributed by atoms with Crippen LogP contribution in [0.5, 0.6) is 5.75 Å². The number of allylic oxidation sites excluding steroid dienone is 1. The minimum atomic E-state index is -3.66. The quantitative estimate of drug-likeness (QED) is 0.287. The molecule has 40 heavy (non-hydrogen) atoms. The second-order valence-corrected chi connectivity index (χ2v) is 14.2. The van der Waals surface area contributed by atoms with Gasteiger partial charge in [-0.05, 0) is 50.6 Å². The van der Waals surface area contributed by atoms with E-state index in [1.54, 1.807) is 24.3 Å². The molecule has 13 nitrogen and oxygen atoms in total. The number of fused-ring (bicyclic) bond motifs is 1. The molecule has 0 radical (unpaired) electrons. The molecule has 1 unspecified atom stereocenters. The van der Waals surface area contributed by atoms with Crippen LogP contribution in [0.4, 0.5) is 4.79 Å². The monoisotopic (exact) mass is 595 g/mol. The van der Waals surface area contributed by atoms with Crippen molar-refractivity contribution in [2.24, 2.45) is 4.99 Å². The fraction of sp³-hybridized carbons (Fsp3) is 0.520. The second kappa shape index (κ2) is 11.3. The maximum atomic E-state index is 13.3. The topological polar surface area (TPSA) is 176 Å². The first-order valence-electron chi connectivity index (χ1n) is 13.0. The average Bonchev–Trinajstić information content (AvgIpc) is 3.52. The summed E-state index contributed by atoms with van der Waals surface area (Å²) in [6, 6.07) is 5.54. The van der Waals surface area contributed by atoms with Crippen molar-refractivity contribution in [3.05, 3.63) is 48.2 Å². The van der Waals surface area contributed by atoms with Crippen LogP contribution in [-0.4, -0.2) is 101 Å². The first-order chi connectivity index (χ1) is 19.0. The van der Waals surface area contributed by atoms with Crippen molar-refractivity contribution in [3.8, 4) is 5.75 Å². The van der Waals surface area contributed by atoms with Crippen LogP contribution in [-0.2, 0) is 24.8 Å². The smallest absolute Gasteiger partial charge is 0.346 e. The van der Waals surface area contributed by atoms with Crippen molar-refractivity contribution < 1.29 is 36.2 Å². The van der Waals surface area contributed by atoms with Crippen molar-refractivity contribution >= 4 is 31.8 Å². The molecule has 15 heteroatoms. The lowest BCUT2D eigenvalue weighted by Crippen LogP contribution is -2.49. The molecule has 2 saturated heterocycles. The molecular formula is C25H33N5O8S2. The van der Waals surface area contributed by atoms with E-state index in [1.807, 2.05) is 0 Å². The van der Waals surface area contributed by atoms with Gasteiger partial charge in [-0.25, -0.2) is 30.7 Å². The van der Waals surface area contributed by atoms with Gasteiger partial charge in [-0.15, -0.1) is 0 Å². The zero-order valence-electron chi connectivity index (χ0n) is 21.9. The number of benzene rings is 1. The van der Waals surface area contributed by atoms with E-state index in [4.69, 9.17) is 9.47 Å². The minimum absolute atomic E-state index is 0.00314. The third kappa shape index (κ3) is 6.15. The molecule has 5 rings (SSSR count). The zero-order valence-corrected chi connectivity index (χ0v) is 23.6. The third-order valence-corrected chi connectivity index (χ3v) is 11.0. The highest BCUT2D eigenvalue weighted by Gasteiger charge is 2.45. The molecule has 1 spiro atoms. The number of carbonyl (C=O) groups excluding carboxylic acids is 1. The lowest BCUT2D eigenvalue weighted by Gasteiger charge is -2.39. The largest absolute Gasteiger partial charge is 0.491 e. The summed E-state index contributed by atoms with van der Waals surface area (Å²) in [7, 11) is -5.92. The number of aliphatic imine (C=N–C) groups is 1. The summed E-state index contributed by atoms with van der Waals surface area (Å²) in [5.74, 6) is 0.335. The van der Waals surface area contributed by atoms with Gasteiger partial charge in [0.1, 0.15) is 23.7 Å². The van der Waals surface area contributed by atoms with Gasteiger partial charge in [0.25, 0.3) is 0 Å². The molecule has 3 aliphatic heterocycles. The van der Waals surface area contributed by atoms with Crippen molar-refractivity contribution in [3.63, 3.8) is 0 Å². The van der Waals surface area contributed by atoms with Gasteiger partial charge < -0.3 is 25.2 Å². The van der Waals surface area contributed by atoms with E-state index in [9.17, 15) is 26.7 Å². The highest BCUT2D eigenvalue weighted by atomic mass is 32.2. The summed E-state index contributed by atoms with van der Waals surface area (Å²) in [4.78, 5) is 15.3. The van der Waals surface area contributed by atoms with Gasteiger partial charge >= 0.3 is 6.03 Å². The summed E-state index contributed by atoms with van der Waals surface area (Å²) >= 11 is 0. The maximum Gasteiger partial charge on any atom is 0.346 e. The zero-order chi connectivity index (χ0) is 28.5. The Kier molecular flexibility index (Phi) is 8.16. The molecule has 1 aliphatic carbocycles. The summed E-state index contributed by atoms with van der Waals surface area (Å²) in [5, 5.41) is 15.4. The number of ether oxygens (including phenoxy) is 2. The molecule has 3 atom stereocenters. The molecule has 0 bridgehead atoms. The van der Waals surface area contributed by atoms with Crippen LogP contribution in [0, 0.1) is 0 Å². The van der Waals surface area contributed by atoms with Gasteiger partial charge in [0.05, 0.1) is 28.5 Å². The maximum absolute atomic E-state index is 13.3. The fourth-order valence-corrected chi connectivity index (χ4v) is 7.65. The molecule has 2 fully saturated rings. The first kappa shape index (κ1) is 28.9. The standard InChI is InChI=1S/C25H33N5O8S2/c1-26-39(33,34)20-4-2-3-19(11-20)37-16-18(31)14-27-17-13-25(38-15-17)7-9-30(10-8-25)40(35,36)21-5-6-22-23(12-21)29-24(32)28-22/h2-6,11-12,17-18,21,26-27,31H,7-10,13-16H2,1H3,(H,29,32)/t17-,18+,21?/m1/s1. The summed E-state index contributed by atoms with van der Waals surface area (Å²) in [5.41, 5.74) is 0.438. The number of amides is 2. The van der Waals surface area contributed by atoms with Gasteiger partial charge in [0.15, 0.2) is 0 Å². The van der Waals surface area contributed by atoms with E-state index in [0.29, 0.717) is 56.1 Å². The lowest BCUT2D eigenvalue weighted by molar-refractivity contribution is -0.0312. The van der Waals surface area contributed by atoms with Crippen LogP contribution < -0.4 is 20.1 Å². The Morgan fingerprint density at radius 2 is 2.05 bits per heavy atom. The summed E-state index contributed by atoms with van der Waals surface area (Å²) < 4.78 is 65.9. The van der Waals surface area contributed by atoms with E-state index in [-0.39, 0.29) is 24.1 Å². The molecule has 218 valence electrons. The SMILES string of the molecule is CNS(=O)(=O)c1cccc(OC[C@@H](O)CN[C@H]2COC3(CCN(S(=O)(=O)C4C=CC5=NC(=O)NC5=C4)CC3)C2)c1. The number of aliphatic hydroxyl groups is 1. The normalized spacial score (nSPS) is 25.3. The lowest BCUT2D eigenvalue weighted by atomic mass is 9.88. The molecule has 3 heterocycles. The third-order valence-electron chi connectivity index (χ3n) is 7.53. The molecule has 4 aliphatic rings. The molecule has 0 saturated carbocycles. The molecule has 2 amide bonds. The van der Waals surface area contributed by atoms with E-state index < -0.39 is 43.0 Å². The Morgan fingerprint density at radius 1 is 1.27 bits per heavy atom. The van der Waals surface area contributed by atoms with Crippen molar-refractivity contribution in [1.29, 1.82) is 0 Å². The number of piperidine rings is 1. The van der Waals surface area contributed by atoms with Crippen molar-refractivity contribution in [2.75, 3.05) is 39.9 Å². The number of nitrogens with one attached hydrogen (secondary N) is 3. The van der Waals surface area contributed by atoms with Gasteiger partial charge in [-0.2, -0.15) is 4.99 Å². The highest BCUT2D eigenvalue weighted by Crippen LogP contribution is 2.37. The summed E-state index contributed by atoms with van der Waals surface area (Å²) in [6.07, 6.45) is 5.59. The van der Waals surface area contributed by atoms with Crippen LogP contribution in [0.2, 0.25) is 0 Å². The Labute approximate surface area is 233 Å². The number of hydrogen-bond acceptors (Lipinski definition) is 9. The van der Waals surface area contributed by atoms with E-state index in [2.05, 4.69) is 20.3 Å². The Bertz CT molecular complexity index is 1450. The number of nitrogens with zero attached hydrogens (tertiary/aromatic N) is 2. The van der Waals surface area contributed by atoms with Crippen LogP contribution >= 0.6 is 0 Å². The average molecular weight is 596 g/mol. The Morgan fingerprint density at radius 3 is 2.80 bits per heavy atom. The predicted molar refractivity (Wildman–Crippen MR) is 146 cm³/mol. The highest BCUT2D eigenvalue weighted by molar-refractivity contribution is 7.90. The van der Waals surface area contributed by atoms with Crippen molar-refractivity contribution in [2.45, 2.75) is 47.2 Å². The van der Waals surface area contributed by atoms with Crippen LogP contribution in [0.3, 0.4) is 0 Å². The molecule has 1 aromatic carbocycles. The Hall–Kier alpha value is -2.66. The van der Waals surface area contributed by atoms with Crippen molar-refractivity contribution in [1.82, 2.24) is 19.7 Å². The number of hydrogen-bond donors (Lipinski definition) is 4. The van der Waals surface area contributed by atoms with E-state index in [0.717, 1.165) is 0 Å². The number of sulfonamides is 2. The molecule has 1 aromatic rings. The second-order valence-electron chi connectivity index (χ2n) is 10.2. The molecule has 4 N–H and O–H groups in total. The molecule has 0 aromatic heterocycles. The summed E-state index contributed by atoms with van der Waals surface area (Å²) in [6.45, 7) is 1.33. The van der Waals surface area contributed by atoms with E-state index in [1.165, 1.54) is 29.6 Å². The number of aliphatic hydroxyl groups excluding tert-OH is 1. The minimum Gasteiger partial charge on any atom is -0.491 e. The van der Waals surface area contributed by atoms with Gasteiger partial charge in [0, 0.05) is 31.7 Å². The van der Waals surface area contributed by atoms with E-state index >= 15 is 0 Å². The first-order valence-corrected chi connectivity index (χ1v) is 16.0. The number of urea groups is 1.